The fourth-order valence-electron chi connectivity index (χ4n) is 3.00. The highest BCUT2D eigenvalue weighted by atomic mass is 35.5. The smallest absolute Gasteiger partial charge is 0.328 e. The van der Waals surface area contributed by atoms with Gasteiger partial charge in [-0.3, -0.25) is 14.2 Å². The molecule has 2 aromatic carbocycles. The van der Waals surface area contributed by atoms with E-state index in [1.807, 2.05) is 0 Å². The van der Waals surface area contributed by atoms with E-state index in [0.29, 0.717) is 27.8 Å². The number of anilines is 1. The molecule has 0 fully saturated rings. The molecule has 0 bridgehead atoms. The third-order valence-corrected chi connectivity index (χ3v) is 4.75. The molecular weight excluding hydrogens is 398 g/mol. The quantitative estimate of drug-likeness (QED) is 0.684. The van der Waals surface area contributed by atoms with Crippen LogP contribution in [0.1, 0.15) is 21.5 Å². The van der Waals surface area contributed by atoms with Crippen molar-refractivity contribution in [1.29, 1.82) is 0 Å². The first kappa shape index (κ1) is 18.8. The van der Waals surface area contributed by atoms with E-state index in [4.69, 9.17) is 21.1 Å². The maximum Gasteiger partial charge on any atom is 0.328 e. The standard InChI is InChI=1S/C20H16ClN3O5/c1-11-6-13(21)3-4-15(11)23-18(25)14-8-22-20(27)24(19(14)26)9-12-2-5-16-17(7-12)29-10-28-16/h2-8H,9-10H2,1H3,(H,22,27)(H,23,25). The summed E-state index contributed by atoms with van der Waals surface area (Å²) in [5, 5.41) is 3.21. The van der Waals surface area contributed by atoms with Crippen LogP contribution in [-0.2, 0) is 6.54 Å². The van der Waals surface area contributed by atoms with Crippen molar-refractivity contribution in [3.63, 3.8) is 0 Å². The number of carbonyl (C=O) groups is 1. The summed E-state index contributed by atoms with van der Waals surface area (Å²) in [5.74, 6) is 0.511. The van der Waals surface area contributed by atoms with Crippen LogP contribution in [0.4, 0.5) is 5.69 Å². The highest BCUT2D eigenvalue weighted by molar-refractivity contribution is 6.30. The Labute approximate surface area is 169 Å². The van der Waals surface area contributed by atoms with Crippen LogP contribution in [0, 0.1) is 6.92 Å². The van der Waals surface area contributed by atoms with Crippen LogP contribution in [0.5, 0.6) is 11.5 Å². The number of nitrogens with one attached hydrogen (secondary N) is 2. The van der Waals surface area contributed by atoms with E-state index in [-0.39, 0.29) is 18.9 Å². The molecule has 0 unspecified atom stereocenters. The van der Waals surface area contributed by atoms with Gasteiger partial charge >= 0.3 is 5.69 Å². The Bertz CT molecular complexity index is 1230. The molecule has 4 rings (SSSR count). The van der Waals surface area contributed by atoms with Crippen LogP contribution in [0.3, 0.4) is 0 Å². The number of amides is 1. The third-order valence-electron chi connectivity index (χ3n) is 4.52. The van der Waals surface area contributed by atoms with Crippen molar-refractivity contribution in [3.05, 3.63) is 85.1 Å². The first-order valence-electron chi connectivity index (χ1n) is 8.71. The molecular formula is C20H16ClN3O5. The Morgan fingerprint density at radius 3 is 2.76 bits per heavy atom. The van der Waals surface area contributed by atoms with Gasteiger partial charge in [-0.1, -0.05) is 17.7 Å². The second-order valence-corrected chi connectivity index (χ2v) is 6.94. The van der Waals surface area contributed by atoms with Crippen molar-refractivity contribution in [2.45, 2.75) is 13.5 Å². The number of aromatic amines is 1. The van der Waals surface area contributed by atoms with E-state index < -0.39 is 17.2 Å². The first-order chi connectivity index (χ1) is 13.9. The molecule has 0 spiro atoms. The molecule has 2 N–H and O–H groups in total. The molecule has 1 aromatic heterocycles. The summed E-state index contributed by atoms with van der Waals surface area (Å²) in [6.45, 7) is 1.89. The molecule has 2 heterocycles. The fraction of sp³-hybridized carbons (Fsp3) is 0.150. The summed E-state index contributed by atoms with van der Waals surface area (Å²) in [5.41, 5.74) is 0.429. The monoisotopic (exact) mass is 413 g/mol. The lowest BCUT2D eigenvalue weighted by Crippen LogP contribution is -2.39. The molecule has 8 nitrogen and oxygen atoms in total. The summed E-state index contributed by atoms with van der Waals surface area (Å²) >= 11 is 5.92. The summed E-state index contributed by atoms with van der Waals surface area (Å²) in [6.07, 6.45) is 1.11. The number of H-pyrrole nitrogens is 1. The fourth-order valence-corrected chi connectivity index (χ4v) is 3.22. The molecule has 1 amide bonds. The first-order valence-corrected chi connectivity index (χ1v) is 9.09. The Hall–Kier alpha value is -3.52. The van der Waals surface area contributed by atoms with Crippen LogP contribution in [0.15, 0.2) is 52.2 Å². The lowest BCUT2D eigenvalue weighted by atomic mass is 10.2. The Morgan fingerprint density at radius 1 is 1.17 bits per heavy atom. The van der Waals surface area contributed by atoms with Gasteiger partial charge in [-0.25, -0.2) is 4.79 Å². The van der Waals surface area contributed by atoms with E-state index >= 15 is 0 Å². The van der Waals surface area contributed by atoms with Crippen molar-refractivity contribution in [2.75, 3.05) is 12.1 Å². The van der Waals surface area contributed by atoms with Crippen molar-refractivity contribution in [2.24, 2.45) is 0 Å². The van der Waals surface area contributed by atoms with Gasteiger partial charge in [0.05, 0.1) is 6.54 Å². The molecule has 0 aliphatic carbocycles. The van der Waals surface area contributed by atoms with Gasteiger partial charge in [0.1, 0.15) is 5.56 Å². The van der Waals surface area contributed by atoms with Crippen LogP contribution >= 0.6 is 11.6 Å². The average Bonchev–Trinajstić information content (AvgIpc) is 3.15. The van der Waals surface area contributed by atoms with Crippen LogP contribution in [0.25, 0.3) is 0 Å². The Morgan fingerprint density at radius 2 is 1.97 bits per heavy atom. The lowest BCUT2D eigenvalue weighted by molar-refractivity contribution is 0.102. The minimum atomic E-state index is -0.699. The normalized spacial score (nSPS) is 12.1. The second-order valence-electron chi connectivity index (χ2n) is 6.50. The van der Waals surface area contributed by atoms with E-state index in [1.54, 1.807) is 43.3 Å². The number of hydrogen-bond donors (Lipinski definition) is 2. The van der Waals surface area contributed by atoms with Crippen molar-refractivity contribution >= 4 is 23.2 Å². The maximum atomic E-state index is 12.8. The molecule has 0 radical (unpaired) electrons. The second kappa shape index (κ2) is 7.48. The minimum absolute atomic E-state index is 0.0219. The van der Waals surface area contributed by atoms with Gasteiger partial charge in [-0.2, -0.15) is 0 Å². The Balaban J connectivity index is 1.63. The van der Waals surface area contributed by atoms with Gasteiger partial charge in [0.2, 0.25) is 6.79 Å². The molecule has 1 aliphatic heterocycles. The number of rotatable bonds is 4. The summed E-state index contributed by atoms with van der Waals surface area (Å²) in [7, 11) is 0. The summed E-state index contributed by atoms with van der Waals surface area (Å²) in [6, 6.07) is 10.1. The number of benzene rings is 2. The molecule has 3 aromatic rings. The van der Waals surface area contributed by atoms with Crippen LogP contribution in [-0.4, -0.2) is 22.3 Å². The number of halogens is 1. The third kappa shape index (κ3) is 3.74. The highest BCUT2D eigenvalue weighted by Crippen LogP contribution is 2.32. The number of ether oxygens (including phenoxy) is 2. The summed E-state index contributed by atoms with van der Waals surface area (Å²) < 4.78 is 11.5. The van der Waals surface area contributed by atoms with E-state index in [0.717, 1.165) is 16.3 Å². The number of aryl methyl sites for hydroxylation is 1. The van der Waals surface area contributed by atoms with Crippen molar-refractivity contribution in [1.82, 2.24) is 9.55 Å². The molecule has 1 aliphatic rings. The number of carbonyl (C=O) groups excluding carboxylic acids is 1. The zero-order valence-corrected chi connectivity index (χ0v) is 16.1. The van der Waals surface area contributed by atoms with E-state index in [2.05, 4.69) is 10.3 Å². The molecule has 148 valence electrons. The zero-order valence-electron chi connectivity index (χ0n) is 15.3. The topological polar surface area (TPSA) is 102 Å². The molecule has 0 atom stereocenters. The van der Waals surface area contributed by atoms with Gasteiger partial charge in [-0.15, -0.1) is 0 Å². The summed E-state index contributed by atoms with van der Waals surface area (Å²) in [4.78, 5) is 40.1. The average molecular weight is 414 g/mol. The van der Waals surface area contributed by atoms with Gasteiger partial charge in [0.15, 0.2) is 11.5 Å². The SMILES string of the molecule is Cc1cc(Cl)ccc1NC(=O)c1c[nH]c(=O)n(Cc2ccc3c(c2)OCO3)c1=O. The number of nitrogens with zero attached hydrogens (tertiary/aromatic N) is 1. The number of fused-ring (bicyclic) bond motifs is 1. The zero-order chi connectivity index (χ0) is 20.5. The van der Waals surface area contributed by atoms with Gasteiger partial charge in [0.25, 0.3) is 11.5 Å². The number of hydrogen-bond acceptors (Lipinski definition) is 5. The van der Waals surface area contributed by atoms with Gasteiger partial charge < -0.3 is 19.8 Å². The largest absolute Gasteiger partial charge is 0.454 e. The predicted molar refractivity (Wildman–Crippen MR) is 107 cm³/mol. The highest BCUT2D eigenvalue weighted by Gasteiger charge is 2.18. The minimum Gasteiger partial charge on any atom is -0.454 e. The van der Waals surface area contributed by atoms with Crippen molar-refractivity contribution < 1.29 is 14.3 Å². The molecule has 0 saturated carbocycles. The van der Waals surface area contributed by atoms with Crippen LogP contribution < -0.4 is 26.0 Å². The number of aromatic nitrogens is 2. The van der Waals surface area contributed by atoms with E-state index in [1.165, 1.54) is 0 Å². The van der Waals surface area contributed by atoms with Gasteiger partial charge in [-0.05, 0) is 48.4 Å². The molecule has 0 saturated heterocycles. The van der Waals surface area contributed by atoms with Gasteiger partial charge in [0, 0.05) is 16.9 Å². The van der Waals surface area contributed by atoms with E-state index in [9.17, 15) is 14.4 Å². The maximum absolute atomic E-state index is 12.8. The Kier molecular flexibility index (Phi) is 4.85. The predicted octanol–water partition coefficient (Wildman–Crippen LogP) is 2.53. The molecule has 9 heteroatoms. The molecule has 29 heavy (non-hydrogen) atoms. The lowest BCUT2D eigenvalue weighted by Gasteiger charge is -2.10. The van der Waals surface area contributed by atoms with Crippen LogP contribution in [0.2, 0.25) is 5.02 Å². The van der Waals surface area contributed by atoms with Crippen molar-refractivity contribution in [3.8, 4) is 11.5 Å².